The summed E-state index contributed by atoms with van der Waals surface area (Å²) in [7, 11) is 2.98. The van der Waals surface area contributed by atoms with Crippen molar-refractivity contribution in [2.24, 2.45) is 11.8 Å². The number of rotatable bonds is 6. The van der Waals surface area contributed by atoms with Gasteiger partial charge in [-0.05, 0) is 35.9 Å². The Labute approximate surface area is 228 Å². The SMILES string of the molecule is COc1ccc(OC)c(NC(=O)[C@H]2[C@H]3C(=O)N(c4ccc([N+](=O)[O-])cc4)C(=O)[C@@H]3[C@H]3C=Cc4ccccc4N32)c1. The van der Waals surface area contributed by atoms with E-state index in [1.807, 2.05) is 41.3 Å². The largest absolute Gasteiger partial charge is 0.497 e. The van der Waals surface area contributed by atoms with Crippen LogP contribution in [0.4, 0.5) is 22.7 Å². The van der Waals surface area contributed by atoms with Crippen LogP contribution in [0.2, 0.25) is 0 Å². The van der Waals surface area contributed by atoms with Gasteiger partial charge in [0.15, 0.2) is 0 Å². The second kappa shape index (κ2) is 9.53. The van der Waals surface area contributed by atoms with E-state index < -0.39 is 46.6 Å². The van der Waals surface area contributed by atoms with Gasteiger partial charge in [0.05, 0.1) is 48.4 Å². The van der Waals surface area contributed by atoms with Crippen LogP contribution in [0.25, 0.3) is 6.08 Å². The van der Waals surface area contributed by atoms with Gasteiger partial charge in [0.25, 0.3) is 5.69 Å². The molecule has 3 aliphatic rings. The minimum absolute atomic E-state index is 0.162. The fourth-order valence-electron chi connectivity index (χ4n) is 5.91. The van der Waals surface area contributed by atoms with E-state index in [2.05, 4.69) is 5.32 Å². The molecule has 202 valence electrons. The molecule has 3 aliphatic heterocycles. The molecule has 0 spiro atoms. The minimum Gasteiger partial charge on any atom is -0.497 e. The maximum atomic E-state index is 14.1. The number of hydrogen-bond donors (Lipinski definition) is 1. The maximum Gasteiger partial charge on any atom is 0.269 e. The van der Waals surface area contributed by atoms with Gasteiger partial charge in [-0.1, -0.05) is 30.4 Å². The summed E-state index contributed by atoms with van der Waals surface area (Å²) in [5.74, 6) is -2.42. The van der Waals surface area contributed by atoms with Gasteiger partial charge in [-0.25, -0.2) is 4.90 Å². The number of imide groups is 1. The van der Waals surface area contributed by atoms with Crippen LogP contribution >= 0.6 is 0 Å². The molecule has 3 aromatic rings. The Morgan fingerprint density at radius 3 is 2.38 bits per heavy atom. The van der Waals surface area contributed by atoms with Crippen LogP contribution in [-0.2, 0) is 14.4 Å². The molecule has 6 rings (SSSR count). The molecule has 11 nitrogen and oxygen atoms in total. The summed E-state index contributed by atoms with van der Waals surface area (Å²) in [6, 6.07) is 16.1. The highest BCUT2D eigenvalue weighted by Gasteiger charge is 2.64. The van der Waals surface area contributed by atoms with E-state index in [-0.39, 0.29) is 11.4 Å². The molecular weight excluding hydrogens is 516 g/mol. The molecule has 3 heterocycles. The normalized spacial score (nSPS) is 22.4. The Morgan fingerprint density at radius 2 is 1.68 bits per heavy atom. The van der Waals surface area contributed by atoms with E-state index in [1.165, 1.54) is 38.5 Å². The molecule has 0 radical (unpaired) electrons. The molecule has 2 saturated heterocycles. The number of non-ortho nitro benzene ring substituents is 1. The number of nitro groups is 1. The summed E-state index contributed by atoms with van der Waals surface area (Å²) >= 11 is 0. The van der Waals surface area contributed by atoms with Crippen molar-refractivity contribution in [3.8, 4) is 11.5 Å². The molecule has 11 heteroatoms. The average Bonchev–Trinajstić information content (AvgIpc) is 3.45. The molecule has 0 saturated carbocycles. The van der Waals surface area contributed by atoms with Gasteiger partial charge >= 0.3 is 0 Å². The van der Waals surface area contributed by atoms with Crippen LogP contribution in [0.15, 0.2) is 72.8 Å². The van der Waals surface area contributed by atoms with E-state index in [0.29, 0.717) is 17.2 Å². The van der Waals surface area contributed by atoms with Crippen LogP contribution in [0.3, 0.4) is 0 Å². The van der Waals surface area contributed by atoms with Gasteiger partial charge in [0.1, 0.15) is 17.5 Å². The third-order valence-electron chi connectivity index (χ3n) is 7.67. The lowest BCUT2D eigenvalue weighted by atomic mass is 9.88. The summed E-state index contributed by atoms with van der Waals surface area (Å²) < 4.78 is 10.7. The number of para-hydroxylation sites is 1. The first kappa shape index (κ1) is 25.1. The molecular formula is C29H24N4O7. The summed E-state index contributed by atoms with van der Waals surface area (Å²) in [5.41, 5.74) is 2.02. The summed E-state index contributed by atoms with van der Waals surface area (Å²) in [6.07, 6.45) is 3.75. The summed E-state index contributed by atoms with van der Waals surface area (Å²) in [4.78, 5) is 55.3. The fraction of sp³-hybridized carbons (Fsp3) is 0.207. The molecule has 3 aromatic carbocycles. The van der Waals surface area contributed by atoms with Gasteiger partial charge in [-0.3, -0.25) is 24.5 Å². The van der Waals surface area contributed by atoms with Crippen LogP contribution < -0.4 is 24.6 Å². The zero-order valence-corrected chi connectivity index (χ0v) is 21.5. The number of nitro benzene ring substituents is 1. The van der Waals surface area contributed by atoms with Crippen molar-refractivity contribution in [1.82, 2.24) is 0 Å². The molecule has 40 heavy (non-hydrogen) atoms. The number of carbonyl (C=O) groups excluding carboxylic acids is 3. The smallest absolute Gasteiger partial charge is 0.269 e. The van der Waals surface area contributed by atoms with E-state index in [9.17, 15) is 24.5 Å². The quantitative estimate of drug-likeness (QED) is 0.285. The average molecular weight is 541 g/mol. The number of hydrogen-bond acceptors (Lipinski definition) is 8. The number of ether oxygens (including phenoxy) is 2. The first-order chi connectivity index (χ1) is 19.3. The van der Waals surface area contributed by atoms with Crippen molar-refractivity contribution in [2.45, 2.75) is 12.1 Å². The molecule has 3 amide bonds. The van der Waals surface area contributed by atoms with Gasteiger partial charge in [0.2, 0.25) is 17.7 Å². The van der Waals surface area contributed by atoms with E-state index in [4.69, 9.17) is 9.47 Å². The Kier molecular flexibility index (Phi) is 5.98. The molecule has 2 fully saturated rings. The minimum atomic E-state index is -1.03. The second-order valence-electron chi connectivity index (χ2n) is 9.65. The van der Waals surface area contributed by atoms with Crippen molar-refractivity contribution in [3.05, 3.63) is 88.5 Å². The molecule has 0 bridgehead atoms. The van der Waals surface area contributed by atoms with Gasteiger partial charge < -0.3 is 19.7 Å². The summed E-state index contributed by atoms with van der Waals surface area (Å²) in [5, 5.41) is 14.0. The van der Waals surface area contributed by atoms with Gasteiger partial charge in [-0.2, -0.15) is 0 Å². The summed E-state index contributed by atoms with van der Waals surface area (Å²) in [6.45, 7) is 0. The van der Waals surface area contributed by atoms with E-state index >= 15 is 0 Å². The lowest BCUT2D eigenvalue weighted by molar-refractivity contribution is -0.384. The Morgan fingerprint density at radius 1 is 0.950 bits per heavy atom. The van der Waals surface area contributed by atoms with Crippen molar-refractivity contribution in [3.63, 3.8) is 0 Å². The number of methoxy groups -OCH3 is 2. The molecule has 0 aromatic heterocycles. The lowest BCUT2D eigenvalue weighted by Gasteiger charge is -2.36. The Balaban J connectivity index is 1.42. The van der Waals surface area contributed by atoms with Crippen LogP contribution in [0.5, 0.6) is 11.5 Å². The second-order valence-corrected chi connectivity index (χ2v) is 9.65. The topological polar surface area (TPSA) is 131 Å². The number of anilines is 3. The van der Waals surface area contributed by atoms with Crippen LogP contribution in [0, 0.1) is 22.0 Å². The number of amides is 3. The monoisotopic (exact) mass is 540 g/mol. The first-order valence-corrected chi connectivity index (χ1v) is 12.5. The molecule has 1 N–H and O–H groups in total. The van der Waals surface area contributed by atoms with Crippen LogP contribution in [-0.4, -0.2) is 48.9 Å². The highest BCUT2D eigenvalue weighted by atomic mass is 16.6. The van der Waals surface area contributed by atoms with Crippen molar-refractivity contribution < 1.29 is 28.8 Å². The van der Waals surface area contributed by atoms with E-state index in [1.54, 1.807) is 18.2 Å². The number of nitrogens with zero attached hydrogens (tertiary/aromatic N) is 3. The predicted octanol–water partition coefficient (Wildman–Crippen LogP) is 3.64. The highest BCUT2D eigenvalue weighted by Crippen LogP contribution is 2.49. The zero-order valence-electron chi connectivity index (χ0n) is 21.5. The number of fused-ring (bicyclic) bond motifs is 5. The number of nitrogens with one attached hydrogen (secondary N) is 1. The van der Waals surface area contributed by atoms with E-state index in [0.717, 1.165) is 16.2 Å². The highest BCUT2D eigenvalue weighted by molar-refractivity contribution is 6.25. The third-order valence-corrected chi connectivity index (χ3v) is 7.67. The Hall–Kier alpha value is -5.19. The Bertz CT molecular complexity index is 1590. The zero-order chi connectivity index (χ0) is 28.1. The van der Waals surface area contributed by atoms with Crippen molar-refractivity contribution >= 4 is 46.5 Å². The number of benzene rings is 3. The predicted molar refractivity (Wildman–Crippen MR) is 146 cm³/mol. The molecule has 4 atom stereocenters. The fourth-order valence-corrected chi connectivity index (χ4v) is 5.91. The first-order valence-electron chi connectivity index (χ1n) is 12.5. The lowest BCUT2D eigenvalue weighted by Crippen LogP contribution is -2.50. The third kappa shape index (κ3) is 3.77. The van der Waals surface area contributed by atoms with Gasteiger partial charge in [-0.15, -0.1) is 0 Å². The number of carbonyl (C=O) groups is 3. The van der Waals surface area contributed by atoms with Crippen LogP contribution in [0.1, 0.15) is 5.56 Å². The van der Waals surface area contributed by atoms with Gasteiger partial charge in [0, 0.05) is 23.9 Å². The van der Waals surface area contributed by atoms with Crippen molar-refractivity contribution in [2.75, 3.05) is 29.3 Å². The molecule has 0 unspecified atom stereocenters. The standard InChI is InChI=1S/C29H24N4O7/c1-39-19-12-14-23(40-2)20(15-19)30-27(34)26-25-24(22-13-7-16-5-3-4-6-21(16)32(22)26)28(35)31(29(25)36)17-8-10-18(11-9-17)33(37)38/h3-15,22,24-26H,1-2H3,(H,30,34)/t22-,24-,25+,26-/m1/s1. The molecule has 0 aliphatic carbocycles. The van der Waals surface area contributed by atoms with Crippen molar-refractivity contribution in [1.29, 1.82) is 0 Å². The maximum absolute atomic E-state index is 14.1.